The highest BCUT2D eigenvalue weighted by atomic mass is 16.6. The summed E-state index contributed by atoms with van der Waals surface area (Å²) in [6, 6.07) is 0. The number of rotatable bonds is 14. The molecule has 0 aromatic carbocycles. The lowest BCUT2D eigenvalue weighted by Crippen LogP contribution is -2.38. The molecule has 0 fully saturated rings. The summed E-state index contributed by atoms with van der Waals surface area (Å²) in [5.74, 6) is -0.943. The van der Waals surface area contributed by atoms with E-state index in [0.29, 0.717) is 6.61 Å². The van der Waals surface area contributed by atoms with Crippen molar-refractivity contribution in [1.29, 1.82) is 0 Å². The molecule has 1 atom stereocenters. The predicted octanol–water partition coefficient (Wildman–Crippen LogP) is 5.43. The third-order valence-electron chi connectivity index (χ3n) is 4.27. The molecule has 0 N–H and O–H groups in total. The average Bonchev–Trinajstić information content (AvgIpc) is 2.55. The van der Waals surface area contributed by atoms with Gasteiger partial charge in [-0.2, -0.15) is 0 Å². The summed E-state index contributed by atoms with van der Waals surface area (Å²) in [5.41, 5.74) is -1.23. The SMILES string of the molecule is CCCCCCCOC(=O)C(C)(C)C(=O)OC(CCC)CCCC. The van der Waals surface area contributed by atoms with E-state index < -0.39 is 17.4 Å². The van der Waals surface area contributed by atoms with E-state index >= 15 is 0 Å². The topological polar surface area (TPSA) is 52.6 Å². The van der Waals surface area contributed by atoms with E-state index in [0.717, 1.165) is 51.4 Å². The lowest BCUT2D eigenvalue weighted by Gasteiger charge is -2.25. The molecule has 4 nitrogen and oxygen atoms in total. The van der Waals surface area contributed by atoms with Crippen molar-refractivity contribution in [2.75, 3.05) is 6.61 Å². The van der Waals surface area contributed by atoms with Crippen LogP contribution in [0.5, 0.6) is 0 Å². The first kappa shape index (κ1) is 22.9. The standard InChI is InChI=1S/C20H38O4/c1-6-9-11-12-13-16-23-18(21)20(4,5)19(22)24-17(14-8-3)15-10-7-2/h17H,6-16H2,1-5H3. The van der Waals surface area contributed by atoms with Crippen molar-refractivity contribution in [1.82, 2.24) is 0 Å². The Morgan fingerprint density at radius 3 is 2.00 bits per heavy atom. The minimum Gasteiger partial charge on any atom is -0.465 e. The highest BCUT2D eigenvalue weighted by Gasteiger charge is 2.40. The van der Waals surface area contributed by atoms with E-state index in [-0.39, 0.29) is 6.10 Å². The molecule has 0 aromatic rings. The van der Waals surface area contributed by atoms with Crippen LogP contribution in [-0.2, 0) is 19.1 Å². The van der Waals surface area contributed by atoms with Gasteiger partial charge in [0.2, 0.25) is 0 Å². The molecule has 142 valence electrons. The monoisotopic (exact) mass is 342 g/mol. The normalized spacial score (nSPS) is 12.7. The molecule has 0 aliphatic carbocycles. The lowest BCUT2D eigenvalue weighted by atomic mass is 9.93. The molecule has 0 saturated heterocycles. The van der Waals surface area contributed by atoms with Gasteiger partial charge in [0.1, 0.15) is 6.10 Å². The molecule has 0 bridgehead atoms. The second-order valence-electron chi connectivity index (χ2n) is 7.13. The first-order valence-corrected chi connectivity index (χ1v) is 9.78. The van der Waals surface area contributed by atoms with Crippen LogP contribution in [0.15, 0.2) is 0 Å². The van der Waals surface area contributed by atoms with Crippen LogP contribution in [-0.4, -0.2) is 24.6 Å². The summed E-state index contributed by atoms with van der Waals surface area (Å²) in [6.45, 7) is 9.93. The highest BCUT2D eigenvalue weighted by Crippen LogP contribution is 2.23. The highest BCUT2D eigenvalue weighted by molar-refractivity contribution is 5.99. The van der Waals surface area contributed by atoms with Gasteiger partial charge in [-0.15, -0.1) is 0 Å². The van der Waals surface area contributed by atoms with Crippen LogP contribution in [0.3, 0.4) is 0 Å². The maximum Gasteiger partial charge on any atom is 0.323 e. The Morgan fingerprint density at radius 2 is 1.42 bits per heavy atom. The van der Waals surface area contributed by atoms with E-state index in [1.54, 1.807) is 13.8 Å². The third-order valence-corrected chi connectivity index (χ3v) is 4.27. The Hall–Kier alpha value is -1.06. The summed E-state index contributed by atoms with van der Waals surface area (Å²) in [6.07, 6.45) is 10.1. The molecule has 0 radical (unpaired) electrons. The van der Waals surface area contributed by atoms with Gasteiger partial charge in [-0.05, 0) is 33.1 Å². The second kappa shape index (κ2) is 13.3. The molecule has 1 unspecified atom stereocenters. The van der Waals surface area contributed by atoms with Gasteiger partial charge in [0, 0.05) is 0 Å². The molecule has 4 heteroatoms. The maximum absolute atomic E-state index is 12.4. The number of hydrogen-bond acceptors (Lipinski definition) is 4. The van der Waals surface area contributed by atoms with Crippen molar-refractivity contribution >= 4 is 11.9 Å². The van der Waals surface area contributed by atoms with Crippen molar-refractivity contribution in [2.24, 2.45) is 5.41 Å². The van der Waals surface area contributed by atoms with Gasteiger partial charge in [-0.1, -0.05) is 65.7 Å². The lowest BCUT2D eigenvalue weighted by molar-refractivity contribution is -0.173. The molecule has 0 rings (SSSR count). The maximum atomic E-state index is 12.4. The van der Waals surface area contributed by atoms with Crippen LogP contribution < -0.4 is 0 Å². The number of ether oxygens (including phenoxy) is 2. The first-order valence-electron chi connectivity index (χ1n) is 9.78. The fraction of sp³-hybridized carbons (Fsp3) is 0.900. The fourth-order valence-electron chi connectivity index (χ4n) is 2.45. The van der Waals surface area contributed by atoms with Crippen molar-refractivity contribution < 1.29 is 19.1 Å². The largest absolute Gasteiger partial charge is 0.465 e. The van der Waals surface area contributed by atoms with Gasteiger partial charge in [0.25, 0.3) is 0 Å². The van der Waals surface area contributed by atoms with Crippen LogP contribution in [0, 0.1) is 5.41 Å². The molecule has 24 heavy (non-hydrogen) atoms. The fourth-order valence-corrected chi connectivity index (χ4v) is 2.45. The Labute approximate surface area is 148 Å². The smallest absolute Gasteiger partial charge is 0.323 e. The summed E-state index contributed by atoms with van der Waals surface area (Å²) in [7, 11) is 0. The Kier molecular flexibility index (Phi) is 12.7. The van der Waals surface area contributed by atoms with Crippen molar-refractivity contribution in [3.63, 3.8) is 0 Å². The summed E-state index contributed by atoms with van der Waals surface area (Å²) < 4.78 is 10.9. The molecule has 0 spiro atoms. The van der Waals surface area contributed by atoms with E-state index in [1.807, 2.05) is 0 Å². The quantitative estimate of drug-likeness (QED) is 0.240. The zero-order valence-electron chi connectivity index (χ0n) is 16.5. The van der Waals surface area contributed by atoms with Crippen molar-refractivity contribution in [3.8, 4) is 0 Å². The minimum absolute atomic E-state index is 0.0939. The van der Waals surface area contributed by atoms with E-state index in [4.69, 9.17) is 9.47 Å². The Balaban J connectivity index is 4.33. The second-order valence-corrected chi connectivity index (χ2v) is 7.13. The number of unbranched alkanes of at least 4 members (excludes halogenated alkanes) is 5. The first-order chi connectivity index (χ1) is 11.4. The average molecular weight is 343 g/mol. The van der Waals surface area contributed by atoms with Gasteiger partial charge < -0.3 is 9.47 Å². The number of carbonyl (C=O) groups excluding carboxylic acids is 2. The van der Waals surface area contributed by atoms with Gasteiger partial charge >= 0.3 is 11.9 Å². The number of hydrogen-bond donors (Lipinski definition) is 0. The van der Waals surface area contributed by atoms with Crippen molar-refractivity contribution in [3.05, 3.63) is 0 Å². The molecular weight excluding hydrogens is 304 g/mol. The predicted molar refractivity (Wildman–Crippen MR) is 97.8 cm³/mol. The Morgan fingerprint density at radius 1 is 0.792 bits per heavy atom. The van der Waals surface area contributed by atoms with E-state index in [9.17, 15) is 9.59 Å². The van der Waals surface area contributed by atoms with Gasteiger partial charge in [0.15, 0.2) is 5.41 Å². The molecule has 0 aliphatic heterocycles. The van der Waals surface area contributed by atoms with E-state index in [1.165, 1.54) is 12.8 Å². The van der Waals surface area contributed by atoms with Crippen LogP contribution in [0.2, 0.25) is 0 Å². The van der Waals surface area contributed by atoms with Crippen LogP contribution >= 0.6 is 0 Å². The number of carbonyl (C=O) groups is 2. The summed E-state index contributed by atoms with van der Waals surface area (Å²) in [5, 5.41) is 0. The van der Waals surface area contributed by atoms with E-state index in [2.05, 4.69) is 20.8 Å². The van der Waals surface area contributed by atoms with Gasteiger partial charge in [-0.3, -0.25) is 9.59 Å². The molecule has 0 aromatic heterocycles. The summed E-state index contributed by atoms with van der Waals surface area (Å²) >= 11 is 0. The van der Waals surface area contributed by atoms with Gasteiger partial charge in [0.05, 0.1) is 6.61 Å². The van der Waals surface area contributed by atoms with Crippen LogP contribution in [0.1, 0.15) is 98.8 Å². The molecule has 0 heterocycles. The van der Waals surface area contributed by atoms with Crippen LogP contribution in [0.25, 0.3) is 0 Å². The van der Waals surface area contributed by atoms with Gasteiger partial charge in [-0.25, -0.2) is 0 Å². The van der Waals surface area contributed by atoms with Crippen LogP contribution in [0.4, 0.5) is 0 Å². The Bertz CT molecular complexity index is 350. The molecule has 0 saturated carbocycles. The molecule has 0 aliphatic rings. The zero-order chi connectivity index (χ0) is 18.4. The number of esters is 2. The minimum atomic E-state index is -1.23. The third kappa shape index (κ3) is 9.29. The zero-order valence-corrected chi connectivity index (χ0v) is 16.5. The molecule has 0 amide bonds. The molecular formula is C20H38O4. The van der Waals surface area contributed by atoms with Crippen molar-refractivity contribution in [2.45, 2.75) is 105 Å². The summed E-state index contributed by atoms with van der Waals surface area (Å²) in [4.78, 5) is 24.6.